The van der Waals surface area contributed by atoms with Crippen LogP contribution < -0.4 is 10.6 Å². The van der Waals surface area contributed by atoms with Crippen molar-refractivity contribution in [2.24, 2.45) is 0 Å². The SMILES string of the molecule is COCCCNc1cc(-c2ccnc(N[C@@H](C)c3ccccc3)n2)c(-c2cccc(C(F)(F)F)c2)nn1. The minimum Gasteiger partial charge on any atom is -0.385 e. The van der Waals surface area contributed by atoms with Gasteiger partial charge < -0.3 is 15.4 Å². The Morgan fingerprint density at radius 3 is 2.54 bits per heavy atom. The normalized spacial score (nSPS) is 12.2. The molecule has 0 saturated carbocycles. The second-order valence-corrected chi connectivity index (χ2v) is 8.39. The molecule has 37 heavy (non-hydrogen) atoms. The number of alkyl halides is 3. The van der Waals surface area contributed by atoms with Crippen molar-refractivity contribution in [1.82, 2.24) is 20.2 Å². The summed E-state index contributed by atoms with van der Waals surface area (Å²) in [5, 5.41) is 15.0. The molecule has 0 spiro atoms. The summed E-state index contributed by atoms with van der Waals surface area (Å²) in [4.78, 5) is 8.99. The monoisotopic (exact) mass is 508 g/mol. The van der Waals surface area contributed by atoms with E-state index in [0.29, 0.717) is 36.2 Å². The number of benzene rings is 2. The number of anilines is 2. The molecule has 0 bridgehead atoms. The second kappa shape index (κ2) is 11.8. The van der Waals surface area contributed by atoms with Crippen LogP contribution in [0.3, 0.4) is 0 Å². The molecule has 0 radical (unpaired) electrons. The van der Waals surface area contributed by atoms with Crippen LogP contribution in [0, 0.1) is 0 Å². The summed E-state index contributed by atoms with van der Waals surface area (Å²) in [5.41, 5.74) is 1.90. The summed E-state index contributed by atoms with van der Waals surface area (Å²) in [6.07, 6.45) is -2.13. The van der Waals surface area contributed by atoms with E-state index in [1.807, 2.05) is 37.3 Å². The predicted molar refractivity (Wildman–Crippen MR) is 137 cm³/mol. The highest BCUT2D eigenvalue weighted by molar-refractivity contribution is 5.80. The molecule has 0 fully saturated rings. The third-order valence-corrected chi connectivity index (χ3v) is 5.67. The van der Waals surface area contributed by atoms with Crippen LogP contribution in [0.15, 0.2) is 72.9 Å². The van der Waals surface area contributed by atoms with Gasteiger partial charge >= 0.3 is 6.18 Å². The van der Waals surface area contributed by atoms with Crippen LogP contribution in [0.2, 0.25) is 0 Å². The number of halogens is 3. The first-order valence-electron chi connectivity index (χ1n) is 11.8. The van der Waals surface area contributed by atoms with Gasteiger partial charge in [-0.25, -0.2) is 9.97 Å². The molecule has 192 valence electrons. The maximum Gasteiger partial charge on any atom is 0.416 e. The van der Waals surface area contributed by atoms with E-state index in [-0.39, 0.29) is 17.3 Å². The van der Waals surface area contributed by atoms with E-state index in [4.69, 9.17) is 4.74 Å². The molecule has 2 N–H and O–H groups in total. The van der Waals surface area contributed by atoms with Gasteiger partial charge in [-0.15, -0.1) is 10.2 Å². The maximum atomic E-state index is 13.4. The van der Waals surface area contributed by atoms with Crippen LogP contribution in [-0.2, 0) is 10.9 Å². The first kappa shape index (κ1) is 26.0. The van der Waals surface area contributed by atoms with Crippen LogP contribution in [0.1, 0.15) is 30.5 Å². The van der Waals surface area contributed by atoms with Crippen molar-refractivity contribution >= 4 is 11.8 Å². The fourth-order valence-corrected chi connectivity index (χ4v) is 3.76. The van der Waals surface area contributed by atoms with Crippen molar-refractivity contribution in [3.63, 3.8) is 0 Å². The largest absolute Gasteiger partial charge is 0.416 e. The number of methoxy groups -OCH3 is 1. The first-order valence-corrected chi connectivity index (χ1v) is 11.8. The second-order valence-electron chi connectivity index (χ2n) is 8.39. The van der Waals surface area contributed by atoms with Gasteiger partial charge in [-0.2, -0.15) is 13.2 Å². The number of nitrogens with one attached hydrogen (secondary N) is 2. The lowest BCUT2D eigenvalue weighted by Gasteiger charge is -2.16. The molecule has 0 aliphatic carbocycles. The molecule has 2 heterocycles. The molecule has 2 aromatic heterocycles. The Labute approximate surface area is 213 Å². The Kier molecular flexibility index (Phi) is 8.29. The number of rotatable bonds is 10. The molecular formula is C27H27F3N6O. The topological polar surface area (TPSA) is 84.9 Å². The summed E-state index contributed by atoms with van der Waals surface area (Å²) in [6, 6.07) is 18.3. The third-order valence-electron chi connectivity index (χ3n) is 5.67. The number of hydrogen-bond acceptors (Lipinski definition) is 7. The Bertz CT molecular complexity index is 1320. The third kappa shape index (κ3) is 6.79. The van der Waals surface area contributed by atoms with Gasteiger partial charge in [-0.05, 0) is 43.2 Å². The number of nitrogens with zero attached hydrogens (tertiary/aromatic N) is 4. The van der Waals surface area contributed by atoms with E-state index in [2.05, 4.69) is 30.8 Å². The quantitative estimate of drug-likeness (QED) is 0.245. The van der Waals surface area contributed by atoms with Gasteiger partial charge in [0.05, 0.1) is 17.3 Å². The van der Waals surface area contributed by atoms with Crippen molar-refractivity contribution in [2.75, 3.05) is 30.9 Å². The van der Waals surface area contributed by atoms with Gasteiger partial charge in [0.15, 0.2) is 0 Å². The Morgan fingerprint density at radius 2 is 1.78 bits per heavy atom. The average molecular weight is 509 g/mol. The van der Waals surface area contributed by atoms with E-state index in [9.17, 15) is 13.2 Å². The lowest BCUT2D eigenvalue weighted by molar-refractivity contribution is -0.137. The summed E-state index contributed by atoms with van der Waals surface area (Å²) in [5.74, 6) is 0.864. The number of hydrogen-bond donors (Lipinski definition) is 2. The highest BCUT2D eigenvalue weighted by Gasteiger charge is 2.31. The fourth-order valence-electron chi connectivity index (χ4n) is 3.76. The Balaban J connectivity index is 1.71. The number of aromatic nitrogens is 4. The summed E-state index contributed by atoms with van der Waals surface area (Å²) >= 11 is 0. The van der Waals surface area contributed by atoms with Gasteiger partial charge in [-0.1, -0.05) is 42.5 Å². The van der Waals surface area contributed by atoms with Crippen molar-refractivity contribution < 1.29 is 17.9 Å². The maximum absolute atomic E-state index is 13.4. The Hall–Kier alpha value is -4.05. The molecule has 1 atom stereocenters. The smallest absolute Gasteiger partial charge is 0.385 e. The molecule has 7 nitrogen and oxygen atoms in total. The highest BCUT2D eigenvalue weighted by atomic mass is 19.4. The van der Waals surface area contributed by atoms with Crippen molar-refractivity contribution in [3.8, 4) is 22.5 Å². The van der Waals surface area contributed by atoms with E-state index >= 15 is 0 Å². The van der Waals surface area contributed by atoms with Crippen LogP contribution >= 0.6 is 0 Å². The highest BCUT2D eigenvalue weighted by Crippen LogP contribution is 2.35. The summed E-state index contributed by atoms with van der Waals surface area (Å²) in [7, 11) is 1.63. The molecule has 2 aromatic carbocycles. The van der Waals surface area contributed by atoms with Crippen molar-refractivity contribution in [2.45, 2.75) is 25.6 Å². The minimum atomic E-state index is -4.48. The minimum absolute atomic E-state index is 0.0621. The number of ether oxygens (including phenoxy) is 1. The predicted octanol–water partition coefficient (Wildman–Crippen LogP) is 6.24. The van der Waals surface area contributed by atoms with Gasteiger partial charge in [0.2, 0.25) is 5.95 Å². The molecule has 10 heteroatoms. The molecular weight excluding hydrogens is 481 g/mol. The zero-order valence-corrected chi connectivity index (χ0v) is 20.5. The van der Waals surface area contributed by atoms with E-state index in [1.165, 1.54) is 6.07 Å². The zero-order chi connectivity index (χ0) is 26.3. The molecule has 0 aliphatic rings. The summed E-state index contributed by atoms with van der Waals surface area (Å²) < 4.78 is 45.3. The molecule has 4 aromatic rings. The first-order chi connectivity index (χ1) is 17.8. The molecule has 0 amide bonds. The van der Waals surface area contributed by atoms with Crippen molar-refractivity contribution in [3.05, 3.63) is 84.1 Å². The Morgan fingerprint density at radius 1 is 0.973 bits per heavy atom. The van der Waals surface area contributed by atoms with Gasteiger partial charge in [-0.3, -0.25) is 0 Å². The average Bonchev–Trinajstić information content (AvgIpc) is 2.91. The van der Waals surface area contributed by atoms with Crippen LogP contribution in [0.5, 0.6) is 0 Å². The molecule has 4 rings (SSSR count). The van der Waals surface area contributed by atoms with E-state index < -0.39 is 11.7 Å². The lowest BCUT2D eigenvalue weighted by atomic mass is 10.0. The molecule has 0 saturated heterocycles. The zero-order valence-electron chi connectivity index (χ0n) is 20.5. The van der Waals surface area contributed by atoms with Gasteiger partial charge in [0.25, 0.3) is 0 Å². The van der Waals surface area contributed by atoms with E-state index in [0.717, 1.165) is 24.1 Å². The van der Waals surface area contributed by atoms with Gasteiger partial charge in [0.1, 0.15) is 11.5 Å². The van der Waals surface area contributed by atoms with Crippen LogP contribution in [0.25, 0.3) is 22.5 Å². The van der Waals surface area contributed by atoms with Crippen LogP contribution in [-0.4, -0.2) is 40.4 Å². The van der Waals surface area contributed by atoms with E-state index in [1.54, 1.807) is 31.5 Å². The van der Waals surface area contributed by atoms with Crippen LogP contribution in [0.4, 0.5) is 24.9 Å². The van der Waals surface area contributed by atoms with Crippen molar-refractivity contribution in [1.29, 1.82) is 0 Å². The van der Waals surface area contributed by atoms with Gasteiger partial charge in [0, 0.05) is 37.6 Å². The molecule has 0 aliphatic heterocycles. The fraction of sp³-hybridized carbons (Fsp3) is 0.259. The lowest BCUT2D eigenvalue weighted by Crippen LogP contribution is -2.10. The molecule has 0 unspecified atom stereocenters. The standard InChI is InChI=1S/C27H27F3N6O/c1-18(19-8-4-3-5-9-19)33-26-32-14-12-23(34-26)22-17-24(31-13-7-15-37-2)35-36-25(22)20-10-6-11-21(16-20)27(28,29)30/h3-6,8-12,14,16-18H,7,13,15H2,1-2H3,(H,31,35)(H,32,33,34)/t18-/m0/s1. The summed E-state index contributed by atoms with van der Waals surface area (Å²) in [6.45, 7) is 3.17.